The number of carbonyl (C=O) groups is 1. The normalized spacial score (nSPS) is 10.3. The number of carboxylic acids is 1. The predicted molar refractivity (Wildman–Crippen MR) is 65.8 cm³/mol. The van der Waals surface area contributed by atoms with Gasteiger partial charge < -0.3 is 14.4 Å². The summed E-state index contributed by atoms with van der Waals surface area (Å²) in [5, 5.41) is 9.00. The molecule has 0 aliphatic carbocycles. The molecule has 0 unspecified atom stereocenters. The Labute approximate surface area is 105 Å². The summed E-state index contributed by atoms with van der Waals surface area (Å²) in [6.45, 7) is 0.398. The van der Waals surface area contributed by atoms with E-state index >= 15 is 0 Å². The molecular weight excluding hydrogens is 232 g/mol. The summed E-state index contributed by atoms with van der Waals surface area (Å²) < 4.78 is 7.40. The molecule has 0 aliphatic heterocycles. The standard InChI is InChI=1S/C13H14N2O3/c1-15-8-7-14-12(15)6-9-18-11-5-3-2-4-10(11)13(16)17/h2-5,7-8H,6,9H2,1H3,(H,16,17). The van der Waals surface area contributed by atoms with E-state index in [0.717, 1.165) is 5.82 Å². The first kappa shape index (κ1) is 12.2. The van der Waals surface area contributed by atoms with Crippen LogP contribution in [0.25, 0.3) is 0 Å². The van der Waals surface area contributed by atoms with Gasteiger partial charge in [0.15, 0.2) is 0 Å². The molecule has 18 heavy (non-hydrogen) atoms. The number of hydrogen-bond donors (Lipinski definition) is 1. The maximum Gasteiger partial charge on any atom is 0.339 e. The van der Waals surface area contributed by atoms with Crippen molar-refractivity contribution in [3.05, 3.63) is 48.0 Å². The quantitative estimate of drug-likeness (QED) is 0.872. The molecular formula is C13H14N2O3. The summed E-state index contributed by atoms with van der Waals surface area (Å²) in [6.07, 6.45) is 4.22. The lowest BCUT2D eigenvalue weighted by Gasteiger charge is -2.08. The predicted octanol–water partition coefficient (Wildman–Crippen LogP) is 1.74. The van der Waals surface area contributed by atoms with Crippen LogP contribution in [0, 0.1) is 0 Å². The van der Waals surface area contributed by atoms with Gasteiger partial charge in [-0.2, -0.15) is 0 Å². The van der Waals surface area contributed by atoms with E-state index in [2.05, 4.69) is 4.98 Å². The van der Waals surface area contributed by atoms with Gasteiger partial charge in [-0.05, 0) is 12.1 Å². The van der Waals surface area contributed by atoms with Gasteiger partial charge in [0.25, 0.3) is 0 Å². The van der Waals surface area contributed by atoms with Crippen LogP contribution in [-0.2, 0) is 13.5 Å². The van der Waals surface area contributed by atoms with Crippen molar-refractivity contribution in [2.24, 2.45) is 7.05 Å². The minimum absolute atomic E-state index is 0.178. The number of benzene rings is 1. The van der Waals surface area contributed by atoms with Crippen molar-refractivity contribution in [3.8, 4) is 5.75 Å². The van der Waals surface area contributed by atoms with Crippen LogP contribution in [0.2, 0.25) is 0 Å². The Morgan fingerprint density at radius 3 is 2.89 bits per heavy atom. The van der Waals surface area contributed by atoms with E-state index in [-0.39, 0.29) is 5.56 Å². The first-order valence-electron chi connectivity index (χ1n) is 5.60. The molecule has 0 spiro atoms. The molecule has 5 nitrogen and oxygen atoms in total. The molecule has 1 aromatic heterocycles. The van der Waals surface area contributed by atoms with Gasteiger partial charge in [0, 0.05) is 25.9 Å². The van der Waals surface area contributed by atoms with E-state index in [0.29, 0.717) is 18.8 Å². The van der Waals surface area contributed by atoms with Gasteiger partial charge in [-0.25, -0.2) is 9.78 Å². The van der Waals surface area contributed by atoms with Crippen LogP contribution in [0.3, 0.4) is 0 Å². The van der Waals surface area contributed by atoms with E-state index in [9.17, 15) is 4.79 Å². The average Bonchev–Trinajstić information content (AvgIpc) is 2.76. The highest BCUT2D eigenvalue weighted by Gasteiger charge is 2.10. The number of aryl methyl sites for hydroxylation is 1. The molecule has 94 valence electrons. The molecule has 5 heteroatoms. The van der Waals surface area contributed by atoms with Crippen LogP contribution in [0.5, 0.6) is 5.75 Å². The van der Waals surface area contributed by atoms with Crippen LogP contribution in [0.15, 0.2) is 36.7 Å². The highest BCUT2D eigenvalue weighted by molar-refractivity contribution is 5.90. The number of aromatic carboxylic acids is 1. The van der Waals surface area contributed by atoms with Gasteiger partial charge in [0.2, 0.25) is 0 Å². The number of nitrogens with zero attached hydrogens (tertiary/aromatic N) is 2. The molecule has 0 atom stereocenters. The summed E-state index contributed by atoms with van der Waals surface area (Å²) in [6, 6.07) is 6.61. The zero-order valence-electron chi connectivity index (χ0n) is 10.0. The van der Waals surface area contributed by atoms with Crippen LogP contribution in [0.4, 0.5) is 0 Å². The maximum atomic E-state index is 11.0. The van der Waals surface area contributed by atoms with Gasteiger partial charge in [-0.1, -0.05) is 12.1 Å². The summed E-state index contributed by atoms with van der Waals surface area (Å²) in [5.41, 5.74) is 0.178. The molecule has 0 bridgehead atoms. The molecule has 1 aromatic carbocycles. The van der Waals surface area contributed by atoms with Crippen molar-refractivity contribution < 1.29 is 14.6 Å². The van der Waals surface area contributed by atoms with Gasteiger partial charge in [0.1, 0.15) is 17.1 Å². The molecule has 0 saturated carbocycles. The van der Waals surface area contributed by atoms with Crippen LogP contribution in [-0.4, -0.2) is 27.2 Å². The van der Waals surface area contributed by atoms with Crippen LogP contribution < -0.4 is 4.74 Å². The van der Waals surface area contributed by atoms with Gasteiger partial charge in [-0.3, -0.25) is 0 Å². The van der Waals surface area contributed by atoms with Crippen molar-refractivity contribution in [1.29, 1.82) is 0 Å². The fourth-order valence-corrected chi connectivity index (χ4v) is 1.66. The highest BCUT2D eigenvalue weighted by Crippen LogP contribution is 2.17. The number of ether oxygens (including phenoxy) is 1. The molecule has 0 amide bonds. The lowest BCUT2D eigenvalue weighted by atomic mass is 10.2. The molecule has 0 aliphatic rings. The Kier molecular flexibility index (Phi) is 3.62. The lowest BCUT2D eigenvalue weighted by Crippen LogP contribution is -2.08. The van der Waals surface area contributed by atoms with E-state index in [1.165, 1.54) is 6.07 Å². The van der Waals surface area contributed by atoms with Crippen LogP contribution >= 0.6 is 0 Å². The average molecular weight is 246 g/mol. The van der Waals surface area contributed by atoms with Crippen molar-refractivity contribution in [3.63, 3.8) is 0 Å². The topological polar surface area (TPSA) is 64.4 Å². The minimum Gasteiger partial charge on any atom is -0.492 e. The van der Waals surface area contributed by atoms with Crippen molar-refractivity contribution in [1.82, 2.24) is 9.55 Å². The number of aromatic nitrogens is 2. The Morgan fingerprint density at radius 2 is 2.22 bits per heavy atom. The number of rotatable bonds is 5. The van der Waals surface area contributed by atoms with Crippen LogP contribution in [0.1, 0.15) is 16.2 Å². The molecule has 1 heterocycles. The monoisotopic (exact) mass is 246 g/mol. The van der Waals surface area contributed by atoms with Crippen molar-refractivity contribution in [2.75, 3.05) is 6.61 Å². The zero-order chi connectivity index (χ0) is 13.0. The Hall–Kier alpha value is -2.30. The summed E-state index contributed by atoms with van der Waals surface area (Å²) in [5.74, 6) is 0.310. The second-order valence-corrected chi connectivity index (χ2v) is 3.85. The van der Waals surface area contributed by atoms with Crippen molar-refractivity contribution >= 4 is 5.97 Å². The number of carboxylic acid groups (broad SMARTS) is 1. The third-order valence-electron chi connectivity index (χ3n) is 2.62. The Morgan fingerprint density at radius 1 is 1.44 bits per heavy atom. The fourth-order valence-electron chi connectivity index (χ4n) is 1.66. The largest absolute Gasteiger partial charge is 0.492 e. The zero-order valence-corrected chi connectivity index (χ0v) is 10.0. The molecule has 2 aromatic rings. The fraction of sp³-hybridized carbons (Fsp3) is 0.231. The van der Waals surface area contributed by atoms with Gasteiger partial charge in [0.05, 0.1) is 6.61 Å². The van der Waals surface area contributed by atoms with Gasteiger partial charge in [-0.15, -0.1) is 0 Å². The number of imidazole rings is 1. The minimum atomic E-state index is -0.984. The highest BCUT2D eigenvalue weighted by atomic mass is 16.5. The first-order valence-corrected chi connectivity index (χ1v) is 5.60. The smallest absolute Gasteiger partial charge is 0.339 e. The second-order valence-electron chi connectivity index (χ2n) is 3.85. The lowest BCUT2D eigenvalue weighted by molar-refractivity contribution is 0.0692. The third-order valence-corrected chi connectivity index (χ3v) is 2.62. The van der Waals surface area contributed by atoms with E-state index in [1.807, 2.05) is 17.8 Å². The molecule has 1 N–H and O–H groups in total. The van der Waals surface area contributed by atoms with E-state index in [1.54, 1.807) is 24.4 Å². The molecule has 0 radical (unpaired) electrons. The Balaban J connectivity index is 1.99. The van der Waals surface area contributed by atoms with Gasteiger partial charge >= 0.3 is 5.97 Å². The molecule has 0 fully saturated rings. The molecule has 2 rings (SSSR count). The summed E-state index contributed by atoms with van der Waals surface area (Å²) >= 11 is 0. The van der Waals surface area contributed by atoms with E-state index in [4.69, 9.17) is 9.84 Å². The summed E-state index contributed by atoms with van der Waals surface area (Å²) in [7, 11) is 1.91. The molecule has 0 saturated heterocycles. The first-order chi connectivity index (χ1) is 8.68. The number of para-hydroxylation sites is 1. The Bertz CT molecular complexity index is 549. The third kappa shape index (κ3) is 2.68. The SMILES string of the molecule is Cn1ccnc1CCOc1ccccc1C(=O)O. The van der Waals surface area contributed by atoms with E-state index < -0.39 is 5.97 Å². The maximum absolute atomic E-state index is 11.0. The van der Waals surface area contributed by atoms with Crippen molar-refractivity contribution in [2.45, 2.75) is 6.42 Å². The summed E-state index contributed by atoms with van der Waals surface area (Å²) in [4.78, 5) is 15.1. The number of hydrogen-bond acceptors (Lipinski definition) is 3. The second kappa shape index (κ2) is 5.35.